The number of benzene rings is 2. The highest BCUT2D eigenvalue weighted by molar-refractivity contribution is 7.71. The maximum Gasteiger partial charge on any atom is 0.200 e. The fraction of sp³-hybridized carbons (Fsp3) is 0.333. The molecule has 0 saturated heterocycles. The summed E-state index contributed by atoms with van der Waals surface area (Å²) in [7, 11) is 0. The fourth-order valence-electron chi connectivity index (χ4n) is 3.98. The lowest BCUT2D eigenvalue weighted by molar-refractivity contribution is 0.447. The number of phenols is 2. The first kappa shape index (κ1) is 18.6. The molecule has 1 aliphatic rings. The van der Waals surface area contributed by atoms with Gasteiger partial charge in [-0.3, -0.25) is 9.67 Å². The molecular weight excluding hydrogens is 372 g/mol. The minimum Gasteiger partial charge on any atom is -0.508 e. The van der Waals surface area contributed by atoms with Crippen LogP contribution in [0, 0.1) is 4.77 Å². The van der Waals surface area contributed by atoms with Gasteiger partial charge in [0.25, 0.3) is 0 Å². The van der Waals surface area contributed by atoms with Gasteiger partial charge < -0.3 is 15.1 Å². The predicted octanol–water partition coefficient (Wildman–Crippen LogP) is 4.34. The van der Waals surface area contributed by atoms with Gasteiger partial charge in [-0.2, -0.15) is 5.10 Å². The molecule has 146 valence electrons. The minimum atomic E-state index is -0.0230. The van der Waals surface area contributed by atoms with E-state index in [1.807, 2.05) is 23.6 Å². The molecule has 7 heteroatoms. The van der Waals surface area contributed by atoms with Gasteiger partial charge in [-0.1, -0.05) is 19.9 Å². The molecule has 0 saturated carbocycles. The smallest absolute Gasteiger partial charge is 0.200 e. The van der Waals surface area contributed by atoms with Crippen LogP contribution >= 0.6 is 12.2 Å². The number of H-pyrrole nitrogens is 1. The van der Waals surface area contributed by atoms with E-state index in [1.165, 1.54) is 17.3 Å². The Hall–Kier alpha value is -2.80. The maximum atomic E-state index is 10.5. The first-order chi connectivity index (χ1) is 13.5. The summed E-state index contributed by atoms with van der Waals surface area (Å²) in [6, 6.07) is 9.38. The Kier molecular flexibility index (Phi) is 4.85. The van der Waals surface area contributed by atoms with Crippen LogP contribution in [0.3, 0.4) is 0 Å². The SMILES string of the molecule is CCCN1CCc2c1cccc2-n1c(-c2cc(CC)c(O)cc2O)n[nH]c1=S. The lowest BCUT2D eigenvalue weighted by atomic mass is 10.0. The van der Waals surface area contributed by atoms with Crippen LogP contribution < -0.4 is 4.90 Å². The number of hydrogen-bond donors (Lipinski definition) is 3. The van der Waals surface area contributed by atoms with Crippen LogP contribution in [0.2, 0.25) is 0 Å². The summed E-state index contributed by atoms with van der Waals surface area (Å²) in [6.45, 7) is 6.16. The molecule has 1 aliphatic heterocycles. The third kappa shape index (κ3) is 2.96. The first-order valence-corrected chi connectivity index (χ1v) is 10.1. The molecule has 3 aromatic rings. The lowest BCUT2D eigenvalue weighted by Crippen LogP contribution is -2.20. The van der Waals surface area contributed by atoms with Crippen LogP contribution in [-0.2, 0) is 12.8 Å². The van der Waals surface area contributed by atoms with Gasteiger partial charge in [0.15, 0.2) is 10.6 Å². The number of rotatable bonds is 5. The van der Waals surface area contributed by atoms with Gasteiger partial charge in [0, 0.05) is 30.4 Å². The van der Waals surface area contributed by atoms with Crippen LogP contribution in [0.15, 0.2) is 30.3 Å². The molecule has 0 aliphatic carbocycles. The predicted molar refractivity (Wildman–Crippen MR) is 113 cm³/mol. The fourth-order valence-corrected chi connectivity index (χ4v) is 4.21. The van der Waals surface area contributed by atoms with Gasteiger partial charge in [-0.05, 0) is 55.2 Å². The summed E-state index contributed by atoms with van der Waals surface area (Å²) in [5.74, 6) is 0.602. The Morgan fingerprint density at radius 3 is 2.68 bits per heavy atom. The molecule has 1 aromatic heterocycles. The molecule has 0 bridgehead atoms. The Bertz CT molecular complexity index is 1090. The number of aromatic hydroxyl groups is 2. The van der Waals surface area contributed by atoms with Crippen LogP contribution in [0.5, 0.6) is 11.5 Å². The van der Waals surface area contributed by atoms with Crippen molar-refractivity contribution in [2.45, 2.75) is 33.1 Å². The molecule has 6 nitrogen and oxygen atoms in total. The number of phenolic OH excluding ortho intramolecular Hbond substituents is 2. The Morgan fingerprint density at radius 1 is 1.14 bits per heavy atom. The summed E-state index contributed by atoms with van der Waals surface area (Å²) < 4.78 is 2.36. The average molecular weight is 397 g/mol. The normalized spacial score (nSPS) is 13.1. The van der Waals surface area contributed by atoms with E-state index in [0.717, 1.165) is 37.2 Å². The Labute approximate surface area is 169 Å². The van der Waals surface area contributed by atoms with E-state index < -0.39 is 0 Å². The van der Waals surface area contributed by atoms with Gasteiger partial charge >= 0.3 is 0 Å². The number of hydrogen-bond acceptors (Lipinski definition) is 5. The van der Waals surface area contributed by atoms with E-state index in [4.69, 9.17) is 12.2 Å². The zero-order valence-electron chi connectivity index (χ0n) is 16.1. The second kappa shape index (κ2) is 7.31. The van der Waals surface area contributed by atoms with E-state index >= 15 is 0 Å². The molecule has 2 aromatic carbocycles. The van der Waals surface area contributed by atoms with E-state index in [-0.39, 0.29) is 11.5 Å². The van der Waals surface area contributed by atoms with E-state index in [1.54, 1.807) is 6.07 Å². The van der Waals surface area contributed by atoms with E-state index in [0.29, 0.717) is 22.6 Å². The maximum absolute atomic E-state index is 10.5. The molecule has 0 radical (unpaired) electrons. The Morgan fingerprint density at radius 2 is 1.93 bits per heavy atom. The monoisotopic (exact) mass is 396 g/mol. The second-order valence-corrected chi connectivity index (χ2v) is 7.44. The number of aryl methyl sites for hydroxylation is 1. The second-order valence-electron chi connectivity index (χ2n) is 7.05. The summed E-state index contributed by atoms with van der Waals surface area (Å²) in [5, 5.41) is 27.8. The van der Waals surface area contributed by atoms with E-state index in [2.05, 4.69) is 28.1 Å². The highest BCUT2D eigenvalue weighted by Crippen LogP contribution is 2.38. The van der Waals surface area contributed by atoms with Gasteiger partial charge in [0.2, 0.25) is 0 Å². The standard InChI is InChI=1S/C21H24N4O2S/c1-3-9-24-10-8-14-16(24)6-5-7-17(14)25-20(22-23-21(25)28)15-11-13(4-2)18(26)12-19(15)27/h5-7,11-12,26-27H,3-4,8-10H2,1-2H3,(H,23,28). The number of anilines is 1. The van der Waals surface area contributed by atoms with Crippen molar-refractivity contribution in [3.8, 4) is 28.6 Å². The average Bonchev–Trinajstić information content (AvgIpc) is 3.26. The molecule has 0 amide bonds. The Balaban J connectivity index is 1.90. The zero-order valence-corrected chi connectivity index (χ0v) is 16.9. The summed E-state index contributed by atoms with van der Waals surface area (Å²) in [5.41, 5.74) is 4.75. The largest absolute Gasteiger partial charge is 0.508 e. The van der Waals surface area contributed by atoms with Crippen LogP contribution in [-0.4, -0.2) is 38.1 Å². The van der Waals surface area contributed by atoms with Gasteiger partial charge in [0.05, 0.1) is 11.3 Å². The molecular formula is C21H24N4O2S. The molecule has 4 rings (SSSR count). The number of aromatic amines is 1. The molecule has 3 N–H and O–H groups in total. The molecule has 2 heterocycles. The van der Waals surface area contributed by atoms with E-state index in [9.17, 15) is 10.2 Å². The molecule has 0 atom stereocenters. The highest BCUT2D eigenvalue weighted by atomic mass is 32.1. The summed E-state index contributed by atoms with van der Waals surface area (Å²) >= 11 is 5.54. The van der Waals surface area contributed by atoms with Gasteiger partial charge in [-0.25, -0.2) is 0 Å². The van der Waals surface area contributed by atoms with Crippen LogP contribution in [0.1, 0.15) is 31.4 Å². The summed E-state index contributed by atoms with van der Waals surface area (Å²) in [4.78, 5) is 2.40. The van der Waals surface area contributed by atoms with Crippen molar-refractivity contribution >= 4 is 17.9 Å². The number of nitrogens with one attached hydrogen (secondary N) is 1. The topological polar surface area (TPSA) is 77.3 Å². The molecule has 0 spiro atoms. The third-order valence-electron chi connectivity index (χ3n) is 5.32. The quantitative estimate of drug-likeness (QED) is 0.559. The zero-order chi connectivity index (χ0) is 19.8. The van der Waals surface area contributed by atoms with Crippen molar-refractivity contribution in [1.82, 2.24) is 14.8 Å². The molecule has 0 fully saturated rings. The van der Waals surface area contributed by atoms with Crippen molar-refractivity contribution in [3.63, 3.8) is 0 Å². The minimum absolute atomic E-state index is 0.0230. The third-order valence-corrected chi connectivity index (χ3v) is 5.60. The van der Waals surface area contributed by atoms with Gasteiger partial charge in [-0.15, -0.1) is 0 Å². The number of fused-ring (bicyclic) bond motifs is 1. The van der Waals surface area contributed by atoms with Gasteiger partial charge in [0.1, 0.15) is 11.5 Å². The molecule has 28 heavy (non-hydrogen) atoms. The van der Waals surface area contributed by atoms with Crippen molar-refractivity contribution in [1.29, 1.82) is 0 Å². The van der Waals surface area contributed by atoms with Crippen molar-refractivity contribution in [2.24, 2.45) is 0 Å². The number of aromatic nitrogens is 3. The van der Waals surface area contributed by atoms with Crippen LogP contribution in [0.25, 0.3) is 17.1 Å². The van der Waals surface area contributed by atoms with Crippen molar-refractivity contribution in [2.75, 3.05) is 18.0 Å². The summed E-state index contributed by atoms with van der Waals surface area (Å²) in [6.07, 6.45) is 2.69. The number of nitrogens with zero attached hydrogens (tertiary/aromatic N) is 3. The first-order valence-electron chi connectivity index (χ1n) is 9.65. The highest BCUT2D eigenvalue weighted by Gasteiger charge is 2.24. The lowest BCUT2D eigenvalue weighted by Gasteiger charge is -2.19. The van der Waals surface area contributed by atoms with Crippen molar-refractivity contribution < 1.29 is 10.2 Å². The van der Waals surface area contributed by atoms with Crippen LogP contribution in [0.4, 0.5) is 5.69 Å². The van der Waals surface area contributed by atoms with Crippen molar-refractivity contribution in [3.05, 3.63) is 46.2 Å². The molecule has 0 unspecified atom stereocenters.